The maximum Gasteiger partial charge on any atom is 0.255 e. The second kappa shape index (κ2) is 9.59. The SMILES string of the molecule is COc1c(C(=O)N[C@@H]2CCC[C@H](N)C2)cc(C)cc1C(=O)N[C@H]1CCC[C@@H](N)C1. The lowest BCUT2D eigenvalue weighted by Gasteiger charge is -2.28. The van der Waals surface area contributed by atoms with Gasteiger partial charge in [0.05, 0.1) is 18.2 Å². The molecule has 2 aliphatic rings. The Kier molecular flexibility index (Phi) is 7.14. The fraction of sp³-hybridized carbons (Fsp3) is 0.636. The molecule has 29 heavy (non-hydrogen) atoms. The van der Waals surface area contributed by atoms with Crippen LogP contribution in [0.5, 0.6) is 5.75 Å². The van der Waals surface area contributed by atoms with Crippen LogP contribution in [-0.4, -0.2) is 43.1 Å². The van der Waals surface area contributed by atoms with Crippen LogP contribution in [0.3, 0.4) is 0 Å². The van der Waals surface area contributed by atoms with Gasteiger partial charge in [-0.05, 0) is 76.0 Å². The average Bonchev–Trinajstić information content (AvgIpc) is 2.67. The van der Waals surface area contributed by atoms with Crippen LogP contribution in [-0.2, 0) is 0 Å². The third kappa shape index (κ3) is 5.48. The van der Waals surface area contributed by atoms with Gasteiger partial charge in [-0.2, -0.15) is 0 Å². The van der Waals surface area contributed by atoms with Crippen LogP contribution in [0.1, 0.15) is 77.6 Å². The van der Waals surface area contributed by atoms with Gasteiger partial charge in [-0.3, -0.25) is 9.59 Å². The second-order valence-electron chi connectivity index (χ2n) is 8.59. The number of nitrogens with one attached hydrogen (secondary N) is 2. The number of hydrogen-bond donors (Lipinski definition) is 4. The van der Waals surface area contributed by atoms with Gasteiger partial charge in [0, 0.05) is 24.2 Å². The highest BCUT2D eigenvalue weighted by Crippen LogP contribution is 2.28. The van der Waals surface area contributed by atoms with E-state index in [4.69, 9.17) is 16.2 Å². The van der Waals surface area contributed by atoms with E-state index >= 15 is 0 Å². The van der Waals surface area contributed by atoms with E-state index in [1.54, 1.807) is 12.1 Å². The molecule has 0 saturated heterocycles. The Labute approximate surface area is 172 Å². The molecule has 2 fully saturated rings. The van der Waals surface area contributed by atoms with Crippen molar-refractivity contribution in [2.45, 2.75) is 82.5 Å². The number of ether oxygens (including phenoxy) is 1. The third-order valence-electron chi connectivity index (χ3n) is 6.03. The minimum Gasteiger partial charge on any atom is -0.495 e. The molecule has 2 amide bonds. The summed E-state index contributed by atoms with van der Waals surface area (Å²) in [6, 6.07) is 3.89. The average molecular weight is 403 g/mol. The first-order valence-corrected chi connectivity index (χ1v) is 10.7. The van der Waals surface area contributed by atoms with E-state index in [0.717, 1.165) is 56.9 Å². The Bertz CT molecular complexity index is 695. The summed E-state index contributed by atoms with van der Waals surface area (Å²) in [5, 5.41) is 6.15. The molecular weight excluding hydrogens is 368 g/mol. The van der Waals surface area contributed by atoms with E-state index in [9.17, 15) is 9.59 Å². The zero-order valence-corrected chi connectivity index (χ0v) is 17.5. The molecule has 0 radical (unpaired) electrons. The molecular formula is C22H34N4O3. The summed E-state index contributed by atoms with van der Waals surface area (Å²) in [6.07, 6.45) is 7.39. The van der Waals surface area contributed by atoms with E-state index in [1.807, 2.05) is 6.92 Å². The van der Waals surface area contributed by atoms with Crippen LogP contribution in [0.15, 0.2) is 12.1 Å². The number of rotatable bonds is 5. The van der Waals surface area contributed by atoms with E-state index < -0.39 is 0 Å². The van der Waals surface area contributed by atoms with Crippen molar-refractivity contribution in [2.75, 3.05) is 7.11 Å². The van der Waals surface area contributed by atoms with Crippen molar-refractivity contribution in [3.8, 4) is 5.75 Å². The molecule has 0 aliphatic heterocycles. The predicted octanol–water partition coefficient (Wildman–Crippen LogP) is 2.00. The fourth-order valence-corrected chi connectivity index (χ4v) is 4.57. The first kappa shape index (κ1) is 21.6. The number of benzene rings is 1. The molecule has 4 atom stereocenters. The Morgan fingerprint density at radius 1 is 0.897 bits per heavy atom. The van der Waals surface area contributed by atoms with Crippen LogP contribution in [0.2, 0.25) is 0 Å². The van der Waals surface area contributed by atoms with Gasteiger partial charge in [-0.15, -0.1) is 0 Å². The van der Waals surface area contributed by atoms with Gasteiger partial charge in [0.1, 0.15) is 5.75 Å². The zero-order valence-electron chi connectivity index (χ0n) is 17.5. The van der Waals surface area contributed by atoms with Crippen molar-refractivity contribution in [1.29, 1.82) is 0 Å². The number of nitrogens with two attached hydrogens (primary N) is 2. The molecule has 0 spiro atoms. The van der Waals surface area contributed by atoms with Gasteiger partial charge >= 0.3 is 0 Å². The highest BCUT2D eigenvalue weighted by atomic mass is 16.5. The van der Waals surface area contributed by atoms with Gasteiger partial charge in [0.15, 0.2) is 0 Å². The Hall–Kier alpha value is -2.12. The molecule has 6 N–H and O–H groups in total. The lowest BCUT2D eigenvalue weighted by atomic mass is 9.91. The largest absolute Gasteiger partial charge is 0.495 e. The van der Waals surface area contributed by atoms with Crippen LogP contribution in [0.25, 0.3) is 0 Å². The summed E-state index contributed by atoms with van der Waals surface area (Å²) in [4.78, 5) is 26.0. The number of carbonyl (C=O) groups is 2. The molecule has 7 heteroatoms. The number of carbonyl (C=O) groups excluding carboxylic acids is 2. The number of amides is 2. The quantitative estimate of drug-likeness (QED) is 0.601. The van der Waals surface area contributed by atoms with Crippen LogP contribution in [0.4, 0.5) is 0 Å². The van der Waals surface area contributed by atoms with Crippen LogP contribution < -0.4 is 26.8 Å². The Morgan fingerprint density at radius 2 is 1.34 bits per heavy atom. The van der Waals surface area contributed by atoms with Crippen molar-refractivity contribution in [3.05, 3.63) is 28.8 Å². The van der Waals surface area contributed by atoms with Crippen LogP contribution >= 0.6 is 0 Å². The number of hydrogen-bond acceptors (Lipinski definition) is 5. The van der Waals surface area contributed by atoms with Gasteiger partial charge < -0.3 is 26.8 Å². The molecule has 0 unspecified atom stereocenters. The molecule has 0 heterocycles. The number of aryl methyl sites for hydroxylation is 1. The molecule has 0 bridgehead atoms. The highest BCUT2D eigenvalue weighted by molar-refractivity contribution is 6.04. The summed E-state index contributed by atoms with van der Waals surface area (Å²) >= 11 is 0. The van der Waals surface area contributed by atoms with E-state index in [2.05, 4.69) is 10.6 Å². The van der Waals surface area contributed by atoms with Crippen molar-refractivity contribution in [3.63, 3.8) is 0 Å². The minimum absolute atomic E-state index is 0.0532. The maximum absolute atomic E-state index is 13.0. The molecule has 1 aromatic rings. The smallest absolute Gasteiger partial charge is 0.255 e. The summed E-state index contributed by atoms with van der Waals surface area (Å²) in [7, 11) is 1.49. The highest BCUT2D eigenvalue weighted by Gasteiger charge is 2.27. The first-order chi connectivity index (χ1) is 13.9. The summed E-state index contributed by atoms with van der Waals surface area (Å²) < 4.78 is 5.52. The van der Waals surface area contributed by atoms with Gasteiger partial charge in [0.2, 0.25) is 0 Å². The molecule has 1 aromatic carbocycles. The second-order valence-corrected chi connectivity index (χ2v) is 8.59. The van der Waals surface area contributed by atoms with Crippen molar-refractivity contribution < 1.29 is 14.3 Å². The molecule has 2 aliphatic carbocycles. The van der Waals surface area contributed by atoms with E-state index in [-0.39, 0.29) is 36.0 Å². The molecule has 0 aromatic heterocycles. The molecule has 160 valence electrons. The predicted molar refractivity (Wildman–Crippen MR) is 113 cm³/mol. The molecule has 2 saturated carbocycles. The van der Waals surface area contributed by atoms with Crippen molar-refractivity contribution in [2.24, 2.45) is 11.5 Å². The normalized spacial score (nSPS) is 27.2. The standard InChI is InChI=1S/C22H34N4O3/c1-13-9-18(21(27)25-16-7-3-5-14(23)11-16)20(29-2)19(10-13)22(28)26-17-8-4-6-15(24)12-17/h9-10,14-17H,3-8,11-12,23-24H2,1-2H3,(H,25,27)(H,26,28)/t14-,15+,16+,17-. The van der Waals surface area contributed by atoms with Gasteiger partial charge in [-0.25, -0.2) is 0 Å². The Balaban J connectivity index is 1.78. The summed E-state index contributed by atoms with van der Waals surface area (Å²) in [6.45, 7) is 1.88. The first-order valence-electron chi connectivity index (χ1n) is 10.7. The lowest BCUT2D eigenvalue weighted by molar-refractivity contribution is 0.0920. The zero-order chi connectivity index (χ0) is 21.0. The van der Waals surface area contributed by atoms with Crippen molar-refractivity contribution >= 4 is 11.8 Å². The van der Waals surface area contributed by atoms with Crippen molar-refractivity contribution in [1.82, 2.24) is 10.6 Å². The number of methoxy groups -OCH3 is 1. The monoisotopic (exact) mass is 402 g/mol. The topological polar surface area (TPSA) is 119 Å². The van der Waals surface area contributed by atoms with E-state index in [1.165, 1.54) is 7.11 Å². The molecule has 7 nitrogen and oxygen atoms in total. The molecule has 3 rings (SSSR count). The summed E-state index contributed by atoms with van der Waals surface area (Å²) in [5.74, 6) is -0.136. The fourth-order valence-electron chi connectivity index (χ4n) is 4.57. The maximum atomic E-state index is 13.0. The summed E-state index contributed by atoms with van der Waals surface area (Å²) in [5.41, 5.74) is 13.7. The third-order valence-corrected chi connectivity index (χ3v) is 6.03. The van der Waals surface area contributed by atoms with Gasteiger partial charge in [0.25, 0.3) is 11.8 Å². The van der Waals surface area contributed by atoms with Gasteiger partial charge in [-0.1, -0.05) is 0 Å². The lowest BCUT2D eigenvalue weighted by Crippen LogP contribution is -2.43. The van der Waals surface area contributed by atoms with E-state index in [0.29, 0.717) is 16.9 Å². The van der Waals surface area contributed by atoms with Crippen LogP contribution in [0, 0.1) is 6.92 Å². The minimum atomic E-state index is -0.224. The Morgan fingerprint density at radius 3 is 1.72 bits per heavy atom.